The molecule has 41 heavy (non-hydrogen) atoms. The van der Waals surface area contributed by atoms with Crippen molar-refractivity contribution in [2.24, 2.45) is 0 Å². The summed E-state index contributed by atoms with van der Waals surface area (Å²) in [7, 11) is 3.74. The highest BCUT2D eigenvalue weighted by atomic mass is 35.5. The molecule has 5 heterocycles. The summed E-state index contributed by atoms with van der Waals surface area (Å²) >= 11 is 7.78. The molecule has 2 bridgehead atoms. The van der Waals surface area contributed by atoms with Crippen LogP contribution in [0.15, 0.2) is 18.2 Å². The smallest absolute Gasteiger partial charge is 0.319 e. The Hall–Kier alpha value is -2.90. The van der Waals surface area contributed by atoms with Crippen molar-refractivity contribution in [3.63, 3.8) is 0 Å². The van der Waals surface area contributed by atoms with Crippen molar-refractivity contribution in [1.82, 2.24) is 25.2 Å². The molecule has 2 aromatic heterocycles. The van der Waals surface area contributed by atoms with Crippen LogP contribution in [0.2, 0.25) is 5.02 Å². The largest absolute Gasteiger partial charge is 0.462 e. The third-order valence-corrected chi connectivity index (χ3v) is 9.72. The fourth-order valence-corrected chi connectivity index (χ4v) is 7.50. The van der Waals surface area contributed by atoms with Gasteiger partial charge in [0.15, 0.2) is 10.9 Å². The van der Waals surface area contributed by atoms with Crippen LogP contribution in [0.3, 0.4) is 0 Å². The van der Waals surface area contributed by atoms with Crippen molar-refractivity contribution in [1.29, 1.82) is 0 Å². The SMILES string of the molecule is CO[C@@H]1C[C@@H](COc2nc(N3CC4CCC(C3)N4)c3cc(Cl)c(-c4ccc(F)c5sc(N)nc45)c(F)c3n2)N(C)C1. The molecule has 0 aliphatic carbocycles. The molecular weight excluding hydrogens is 572 g/mol. The van der Waals surface area contributed by atoms with Crippen LogP contribution in [0.1, 0.15) is 19.3 Å². The summed E-state index contributed by atoms with van der Waals surface area (Å²) in [4.78, 5) is 18.0. The van der Waals surface area contributed by atoms with Gasteiger partial charge in [0.25, 0.3) is 0 Å². The van der Waals surface area contributed by atoms with Gasteiger partial charge in [0.1, 0.15) is 23.8 Å². The maximum atomic E-state index is 16.6. The highest BCUT2D eigenvalue weighted by Gasteiger charge is 2.35. The van der Waals surface area contributed by atoms with Crippen LogP contribution in [-0.2, 0) is 4.74 Å². The molecule has 0 spiro atoms. The molecule has 0 radical (unpaired) electrons. The van der Waals surface area contributed by atoms with E-state index in [0.29, 0.717) is 35.5 Å². The molecule has 2 aromatic carbocycles. The predicted molar refractivity (Wildman–Crippen MR) is 157 cm³/mol. The zero-order valence-electron chi connectivity index (χ0n) is 22.7. The average molecular weight is 602 g/mol. The molecule has 3 aliphatic heterocycles. The first kappa shape index (κ1) is 27.0. The minimum atomic E-state index is -0.643. The normalized spacial score (nSPS) is 24.7. The molecule has 4 atom stereocenters. The van der Waals surface area contributed by atoms with Crippen LogP contribution in [0.25, 0.3) is 32.2 Å². The van der Waals surface area contributed by atoms with E-state index >= 15 is 4.39 Å². The molecular formula is C28H30ClF2N7O2S. The Morgan fingerprint density at radius 3 is 2.63 bits per heavy atom. The Bertz CT molecular complexity index is 1640. The van der Waals surface area contributed by atoms with Crippen LogP contribution >= 0.6 is 22.9 Å². The van der Waals surface area contributed by atoms with Gasteiger partial charge in [-0.1, -0.05) is 22.9 Å². The summed E-state index contributed by atoms with van der Waals surface area (Å²) in [5.74, 6) is -0.528. The summed E-state index contributed by atoms with van der Waals surface area (Å²) in [5.41, 5.74) is 6.67. The first-order valence-electron chi connectivity index (χ1n) is 13.7. The number of nitrogens with one attached hydrogen (secondary N) is 1. The minimum Gasteiger partial charge on any atom is -0.462 e. The van der Waals surface area contributed by atoms with Crippen molar-refractivity contribution < 1.29 is 18.3 Å². The predicted octanol–water partition coefficient (Wildman–Crippen LogP) is 4.46. The molecule has 13 heteroatoms. The monoisotopic (exact) mass is 601 g/mol. The molecule has 9 nitrogen and oxygen atoms in total. The van der Waals surface area contributed by atoms with E-state index in [1.807, 2.05) is 7.05 Å². The lowest BCUT2D eigenvalue weighted by Gasteiger charge is -2.34. The number of fused-ring (bicyclic) bond motifs is 4. The van der Waals surface area contributed by atoms with Crippen molar-refractivity contribution in [3.05, 3.63) is 34.9 Å². The molecule has 4 aromatic rings. The topological polar surface area (TPSA) is 102 Å². The molecule has 7 rings (SSSR count). The number of nitrogen functional groups attached to an aromatic ring is 1. The Balaban J connectivity index is 1.35. The Morgan fingerprint density at radius 1 is 1.12 bits per heavy atom. The lowest BCUT2D eigenvalue weighted by Crippen LogP contribution is -2.51. The summed E-state index contributed by atoms with van der Waals surface area (Å²) in [5, 5.41) is 4.47. The van der Waals surface area contributed by atoms with Gasteiger partial charge in [-0.15, -0.1) is 0 Å². The Morgan fingerprint density at radius 2 is 1.90 bits per heavy atom. The zero-order chi connectivity index (χ0) is 28.4. The number of likely N-dealkylation sites (tertiary alicyclic amines) is 1. The fraction of sp³-hybridized carbons (Fsp3) is 0.464. The van der Waals surface area contributed by atoms with E-state index in [1.54, 1.807) is 13.2 Å². The van der Waals surface area contributed by atoms with Gasteiger partial charge >= 0.3 is 6.01 Å². The van der Waals surface area contributed by atoms with Gasteiger partial charge in [-0.05, 0) is 44.5 Å². The summed E-state index contributed by atoms with van der Waals surface area (Å²) in [6, 6.07) is 5.33. The Labute approximate surface area is 244 Å². The number of rotatable bonds is 6. The summed E-state index contributed by atoms with van der Waals surface area (Å²) in [6.45, 7) is 2.62. The number of likely N-dealkylation sites (N-methyl/N-ethyl adjacent to an activating group) is 1. The lowest BCUT2D eigenvalue weighted by atomic mass is 10.0. The second-order valence-corrected chi connectivity index (χ2v) is 12.6. The maximum absolute atomic E-state index is 16.6. The number of anilines is 2. The van der Waals surface area contributed by atoms with Gasteiger partial charge in [0.2, 0.25) is 0 Å². The molecule has 3 fully saturated rings. The van der Waals surface area contributed by atoms with E-state index < -0.39 is 11.6 Å². The maximum Gasteiger partial charge on any atom is 0.319 e. The summed E-state index contributed by atoms with van der Waals surface area (Å²) in [6.07, 6.45) is 3.12. The molecule has 3 saturated heterocycles. The number of hydrogen-bond acceptors (Lipinski definition) is 10. The number of nitrogens with zero attached hydrogens (tertiary/aromatic N) is 5. The molecule has 3 aliphatic rings. The van der Waals surface area contributed by atoms with E-state index in [4.69, 9.17) is 31.8 Å². The first-order valence-corrected chi connectivity index (χ1v) is 14.9. The second-order valence-electron chi connectivity index (χ2n) is 11.1. The van der Waals surface area contributed by atoms with Crippen LogP contribution in [-0.4, -0.2) is 84.5 Å². The molecule has 0 saturated carbocycles. The number of halogens is 3. The highest BCUT2D eigenvalue weighted by Crippen LogP contribution is 2.43. The van der Waals surface area contributed by atoms with E-state index in [9.17, 15) is 4.39 Å². The Kier molecular flexibility index (Phi) is 6.86. The molecule has 3 N–H and O–H groups in total. The number of ether oxygens (including phenoxy) is 2. The average Bonchev–Trinajstić information content (AvgIpc) is 3.64. The van der Waals surface area contributed by atoms with Crippen LogP contribution < -0.4 is 20.7 Å². The summed E-state index contributed by atoms with van der Waals surface area (Å²) < 4.78 is 43.1. The quantitative estimate of drug-likeness (QED) is 0.332. The standard InChI is InChI=1S/C28H30ClF2N7O2S/c1-37-11-16(39-2)7-15(37)12-40-28-35-23-18(26(36-28)38-9-13-3-4-14(10-38)33-13)8-19(29)21(22(23)31)17-5-6-20(30)25-24(17)34-27(32)41-25/h5-6,8,13-16,33H,3-4,7,9-12H2,1-2H3,(H2,32,34)/t13?,14?,15-,16+/m0/s1. The van der Waals surface area contributed by atoms with Crippen LogP contribution in [0.4, 0.5) is 19.7 Å². The second kappa shape index (κ2) is 10.4. The third kappa shape index (κ3) is 4.75. The van der Waals surface area contributed by atoms with Gasteiger partial charge in [0.05, 0.1) is 21.3 Å². The van der Waals surface area contributed by atoms with Gasteiger partial charge < -0.3 is 25.4 Å². The lowest BCUT2D eigenvalue weighted by molar-refractivity contribution is 0.111. The van der Waals surface area contributed by atoms with Crippen molar-refractivity contribution in [2.75, 3.05) is 51.0 Å². The number of nitrogens with two attached hydrogens (primary N) is 1. The number of thiazole rings is 1. The zero-order valence-corrected chi connectivity index (χ0v) is 24.2. The number of aromatic nitrogens is 3. The number of piperazine rings is 1. The van der Waals surface area contributed by atoms with E-state index in [1.165, 1.54) is 12.1 Å². The van der Waals surface area contributed by atoms with Gasteiger partial charge in [-0.2, -0.15) is 9.97 Å². The van der Waals surface area contributed by atoms with Crippen molar-refractivity contribution in [3.8, 4) is 17.1 Å². The number of benzene rings is 2. The highest BCUT2D eigenvalue weighted by molar-refractivity contribution is 7.22. The van der Waals surface area contributed by atoms with Crippen molar-refractivity contribution in [2.45, 2.75) is 43.5 Å². The third-order valence-electron chi connectivity index (χ3n) is 8.53. The van der Waals surface area contributed by atoms with Crippen LogP contribution in [0, 0.1) is 11.6 Å². The minimum absolute atomic E-state index is 0.0870. The number of methoxy groups -OCH3 is 1. The van der Waals surface area contributed by atoms with Gasteiger partial charge in [-0.25, -0.2) is 13.8 Å². The van der Waals surface area contributed by atoms with Gasteiger partial charge in [0, 0.05) is 61.4 Å². The van der Waals surface area contributed by atoms with E-state index in [2.05, 4.69) is 25.1 Å². The fourth-order valence-electron chi connectivity index (χ4n) is 6.44. The molecule has 2 unspecified atom stereocenters. The first-order chi connectivity index (χ1) is 19.8. The van der Waals surface area contributed by atoms with E-state index in [-0.39, 0.29) is 49.6 Å². The molecule has 0 amide bonds. The van der Waals surface area contributed by atoms with Gasteiger partial charge in [-0.3, -0.25) is 4.90 Å². The number of hydrogen-bond donors (Lipinski definition) is 2. The van der Waals surface area contributed by atoms with Crippen LogP contribution in [0.5, 0.6) is 6.01 Å². The van der Waals surface area contributed by atoms with Crippen molar-refractivity contribution >= 4 is 55.0 Å². The van der Waals surface area contributed by atoms with E-state index in [0.717, 1.165) is 50.2 Å². The molecule has 216 valence electrons.